The summed E-state index contributed by atoms with van der Waals surface area (Å²) in [7, 11) is 1.61. The van der Waals surface area contributed by atoms with Gasteiger partial charge in [-0.15, -0.1) is 0 Å². The summed E-state index contributed by atoms with van der Waals surface area (Å²) in [6.07, 6.45) is 2.33. The minimum Gasteiger partial charge on any atom is -0.508 e. The first-order valence-electron chi connectivity index (χ1n) is 6.01. The Kier molecular flexibility index (Phi) is 6.08. The van der Waals surface area contributed by atoms with E-state index in [0.717, 1.165) is 24.3 Å². The molecule has 0 saturated carbocycles. The minimum atomic E-state index is 0.0591. The van der Waals surface area contributed by atoms with Gasteiger partial charge in [-0.1, -0.05) is 6.58 Å². The van der Waals surface area contributed by atoms with Crippen LogP contribution >= 0.6 is 0 Å². The molecule has 1 unspecified atom stereocenters. The van der Waals surface area contributed by atoms with Crippen molar-refractivity contribution in [2.75, 3.05) is 20.3 Å². The maximum absolute atomic E-state index is 9.81. The van der Waals surface area contributed by atoms with Crippen molar-refractivity contribution in [3.63, 3.8) is 0 Å². The van der Waals surface area contributed by atoms with Gasteiger partial charge in [-0.2, -0.15) is 0 Å². The maximum atomic E-state index is 9.81. The molecule has 2 N–H and O–H groups in total. The highest BCUT2D eigenvalue weighted by Gasteiger charge is 2.10. The zero-order chi connectivity index (χ0) is 13.4. The molecule has 0 bridgehead atoms. The topological polar surface area (TPSA) is 50.7 Å². The lowest BCUT2D eigenvalue weighted by Gasteiger charge is -2.16. The van der Waals surface area contributed by atoms with E-state index in [2.05, 4.69) is 11.9 Å². The summed E-state index contributed by atoms with van der Waals surface area (Å²) in [5.41, 5.74) is 0.832. The molecular weight excluding hydrogens is 230 g/mol. The second-order valence-corrected chi connectivity index (χ2v) is 3.99. The molecule has 1 aromatic rings. The Balaban J connectivity index is 2.49. The van der Waals surface area contributed by atoms with E-state index in [1.165, 1.54) is 6.26 Å². The molecule has 0 fully saturated rings. The third kappa shape index (κ3) is 4.30. The molecule has 0 aliphatic carbocycles. The highest BCUT2D eigenvalue weighted by molar-refractivity contribution is 5.41. The first-order valence-corrected chi connectivity index (χ1v) is 6.01. The predicted molar refractivity (Wildman–Crippen MR) is 71.8 cm³/mol. The van der Waals surface area contributed by atoms with Crippen molar-refractivity contribution in [2.24, 2.45) is 0 Å². The molecule has 0 aromatic heterocycles. The largest absolute Gasteiger partial charge is 0.508 e. The van der Waals surface area contributed by atoms with Crippen molar-refractivity contribution in [1.29, 1.82) is 0 Å². The Morgan fingerprint density at radius 2 is 2.28 bits per heavy atom. The number of phenols is 1. The normalized spacial score (nSPS) is 11.9. The first-order chi connectivity index (χ1) is 8.69. The van der Waals surface area contributed by atoms with E-state index < -0.39 is 0 Å². The van der Waals surface area contributed by atoms with E-state index in [-0.39, 0.29) is 11.8 Å². The van der Waals surface area contributed by atoms with E-state index in [4.69, 9.17) is 9.47 Å². The molecular formula is C14H21NO3. The lowest BCUT2D eigenvalue weighted by molar-refractivity contribution is 0.243. The number of methoxy groups -OCH3 is 1. The van der Waals surface area contributed by atoms with Crippen LogP contribution in [0.15, 0.2) is 31.0 Å². The van der Waals surface area contributed by atoms with Gasteiger partial charge < -0.3 is 19.9 Å². The number of rotatable bonds is 8. The first kappa shape index (κ1) is 14.4. The number of phenolic OH excluding ortho intramolecular Hbond substituents is 1. The average molecular weight is 251 g/mol. The fraction of sp³-hybridized carbons (Fsp3) is 0.429. The smallest absolute Gasteiger partial charge is 0.120 e. The molecule has 0 aliphatic rings. The van der Waals surface area contributed by atoms with Crippen LogP contribution in [0.5, 0.6) is 11.5 Å². The maximum Gasteiger partial charge on any atom is 0.120 e. The van der Waals surface area contributed by atoms with E-state index in [1.54, 1.807) is 19.2 Å². The van der Waals surface area contributed by atoms with E-state index in [9.17, 15) is 5.11 Å². The lowest BCUT2D eigenvalue weighted by Crippen LogP contribution is -2.20. The number of hydrogen-bond donors (Lipinski definition) is 2. The van der Waals surface area contributed by atoms with Crippen LogP contribution in [0, 0.1) is 0 Å². The monoisotopic (exact) mass is 251 g/mol. The zero-order valence-electron chi connectivity index (χ0n) is 11.0. The number of benzene rings is 1. The summed E-state index contributed by atoms with van der Waals surface area (Å²) < 4.78 is 10.2. The van der Waals surface area contributed by atoms with Crippen molar-refractivity contribution in [3.05, 3.63) is 36.6 Å². The van der Waals surface area contributed by atoms with E-state index in [1.807, 2.05) is 13.0 Å². The zero-order valence-corrected chi connectivity index (χ0v) is 11.0. The number of nitrogens with one attached hydrogen (secondary N) is 1. The molecule has 4 nitrogen and oxygen atoms in total. The highest BCUT2D eigenvalue weighted by Crippen LogP contribution is 2.28. The molecule has 0 spiro atoms. The molecule has 18 heavy (non-hydrogen) atoms. The van der Waals surface area contributed by atoms with E-state index in [0.29, 0.717) is 6.61 Å². The molecule has 0 radical (unpaired) electrons. The van der Waals surface area contributed by atoms with Gasteiger partial charge in [0.2, 0.25) is 0 Å². The Morgan fingerprint density at radius 3 is 2.94 bits per heavy atom. The van der Waals surface area contributed by atoms with Crippen molar-refractivity contribution < 1.29 is 14.6 Å². The lowest BCUT2D eigenvalue weighted by atomic mass is 10.1. The second-order valence-electron chi connectivity index (χ2n) is 3.99. The van der Waals surface area contributed by atoms with Crippen LogP contribution < -0.4 is 10.1 Å². The van der Waals surface area contributed by atoms with Crippen molar-refractivity contribution in [3.8, 4) is 11.5 Å². The van der Waals surface area contributed by atoms with Gasteiger partial charge in [-0.05, 0) is 38.1 Å². The van der Waals surface area contributed by atoms with Crippen LogP contribution in [-0.2, 0) is 4.74 Å². The molecule has 1 aromatic carbocycles. The van der Waals surface area contributed by atoms with Gasteiger partial charge in [0.1, 0.15) is 11.5 Å². The van der Waals surface area contributed by atoms with Gasteiger partial charge in [0.25, 0.3) is 0 Å². The van der Waals surface area contributed by atoms with Crippen LogP contribution in [0.4, 0.5) is 0 Å². The Labute approximate surface area is 108 Å². The third-order valence-corrected chi connectivity index (χ3v) is 2.71. The molecule has 0 saturated heterocycles. The molecule has 1 atom stereocenters. The van der Waals surface area contributed by atoms with Crippen LogP contribution in [0.2, 0.25) is 0 Å². The SMILES string of the molecule is C=COCCCNC(C)c1cc(OC)ccc1O. The standard InChI is InChI=1S/C14H21NO3/c1-4-18-9-5-8-15-11(2)13-10-12(17-3)6-7-14(13)16/h4,6-7,10-11,15-16H,1,5,8-9H2,2-3H3. The van der Waals surface area contributed by atoms with Gasteiger partial charge in [0.15, 0.2) is 0 Å². The van der Waals surface area contributed by atoms with Crippen molar-refractivity contribution in [2.45, 2.75) is 19.4 Å². The molecule has 0 amide bonds. The summed E-state index contributed by atoms with van der Waals surface area (Å²) >= 11 is 0. The quantitative estimate of drug-likeness (QED) is 0.551. The van der Waals surface area contributed by atoms with Crippen LogP contribution in [0.3, 0.4) is 0 Å². The summed E-state index contributed by atoms with van der Waals surface area (Å²) in [4.78, 5) is 0. The highest BCUT2D eigenvalue weighted by atomic mass is 16.5. The van der Waals surface area contributed by atoms with Crippen LogP contribution in [-0.4, -0.2) is 25.4 Å². The van der Waals surface area contributed by atoms with Crippen LogP contribution in [0.25, 0.3) is 0 Å². The van der Waals surface area contributed by atoms with Gasteiger partial charge in [0.05, 0.1) is 20.0 Å². The summed E-state index contributed by atoms with van der Waals surface area (Å²) in [5.74, 6) is 1.02. The number of hydrogen-bond acceptors (Lipinski definition) is 4. The summed E-state index contributed by atoms with van der Waals surface area (Å²) in [6, 6.07) is 5.29. The molecule has 4 heteroatoms. The second kappa shape index (κ2) is 7.61. The van der Waals surface area contributed by atoms with E-state index >= 15 is 0 Å². The Morgan fingerprint density at radius 1 is 1.50 bits per heavy atom. The number of ether oxygens (including phenoxy) is 2. The van der Waals surface area contributed by atoms with Gasteiger partial charge in [0, 0.05) is 11.6 Å². The minimum absolute atomic E-state index is 0.0591. The van der Waals surface area contributed by atoms with Gasteiger partial charge in [-0.3, -0.25) is 0 Å². The van der Waals surface area contributed by atoms with Crippen molar-refractivity contribution >= 4 is 0 Å². The third-order valence-electron chi connectivity index (χ3n) is 2.71. The van der Waals surface area contributed by atoms with Gasteiger partial charge >= 0.3 is 0 Å². The Bertz CT molecular complexity index is 379. The predicted octanol–water partition coefficient (Wildman–Crippen LogP) is 2.60. The number of aromatic hydroxyl groups is 1. The fourth-order valence-electron chi connectivity index (χ4n) is 1.67. The molecule has 1 rings (SSSR count). The van der Waals surface area contributed by atoms with Crippen LogP contribution in [0.1, 0.15) is 24.9 Å². The van der Waals surface area contributed by atoms with Gasteiger partial charge in [-0.25, -0.2) is 0 Å². The average Bonchev–Trinajstić information content (AvgIpc) is 2.39. The summed E-state index contributed by atoms with van der Waals surface area (Å²) in [5, 5.41) is 13.1. The molecule has 100 valence electrons. The molecule has 0 aliphatic heterocycles. The van der Waals surface area contributed by atoms with Crippen molar-refractivity contribution in [1.82, 2.24) is 5.32 Å². The summed E-state index contributed by atoms with van der Waals surface area (Å²) in [6.45, 7) is 6.94. The Hall–Kier alpha value is -1.68. The molecule has 0 heterocycles. The fourth-order valence-corrected chi connectivity index (χ4v) is 1.67.